The van der Waals surface area contributed by atoms with Crippen molar-refractivity contribution in [2.75, 3.05) is 13.1 Å². The summed E-state index contributed by atoms with van der Waals surface area (Å²) in [5, 5.41) is 8.66. The Morgan fingerprint density at radius 2 is 1.87 bits per heavy atom. The van der Waals surface area contributed by atoms with E-state index in [9.17, 15) is 18.0 Å². The maximum atomic E-state index is 12.7. The quantitative estimate of drug-likeness (QED) is 0.683. The molecule has 8 heteroatoms. The monoisotopic (exact) mass is 361 g/mol. The molecule has 0 saturated heterocycles. The maximum absolute atomic E-state index is 12.7. The highest BCUT2D eigenvalue weighted by atomic mass is 35.5. The fraction of sp³-hybridized carbons (Fsp3) is 0.467. The molecule has 0 fully saturated rings. The summed E-state index contributed by atoms with van der Waals surface area (Å²) < 4.78 is 26.6. The second-order valence-electron chi connectivity index (χ2n) is 4.96. The number of carbonyl (C=O) groups is 2. The number of carboxylic acids is 1. The summed E-state index contributed by atoms with van der Waals surface area (Å²) in [4.78, 5) is 22.4. The van der Waals surface area contributed by atoms with Gasteiger partial charge in [-0.05, 0) is 24.6 Å². The van der Waals surface area contributed by atoms with Crippen molar-refractivity contribution >= 4 is 33.4 Å². The minimum absolute atomic E-state index is 0.0364. The number of carboxylic acid groups (broad SMARTS) is 1. The van der Waals surface area contributed by atoms with Crippen molar-refractivity contribution in [2.45, 2.75) is 38.0 Å². The highest BCUT2D eigenvalue weighted by molar-refractivity contribution is 7.89. The Kier molecular flexibility index (Phi) is 7.18. The lowest BCUT2D eigenvalue weighted by atomic mass is 10.1. The van der Waals surface area contributed by atoms with Gasteiger partial charge >= 0.3 is 5.97 Å². The fourth-order valence-corrected chi connectivity index (χ4v) is 4.12. The van der Waals surface area contributed by atoms with Crippen molar-refractivity contribution in [3.63, 3.8) is 0 Å². The van der Waals surface area contributed by atoms with E-state index in [0.29, 0.717) is 19.5 Å². The number of carbonyl (C=O) groups excluding carboxylic acids is 1. The fourth-order valence-electron chi connectivity index (χ4n) is 2.08. The van der Waals surface area contributed by atoms with E-state index >= 15 is 0 Å². The predicted octanol–water partition coefficient (Wildman–Crippen LogP) is 2.81. The van der Waals surface area contributed by atoms with E-state index in [1.54, 1.807) is 6.92 Å². The lowest BCUT2D eigenvalue weighted by Crippen LogP contribution is -2.32. The largest absolute Gasteiger partial charge is 0.481 e. The minimum atomic E-state index is -3.80. The van der Waals surface area contributed by atoms with Gasteiger partial charge in [-0.3, -0.25) is 9.59 Å². The molecule has 0 saturated carbocycles. The van der Waals surface area contributed by atoms with E-state index in [0.717, 1.165) is 0 Å². The topological polar surface area (TPSA) is 91.8 Å². The van der Waals surface area contributed by atoms with Gasteiger partial charge in [0.25, 0.3) is 0 Å². The molecule has 0 heterocycles. The van der Waals surface area contributed by atoms with Gasteiger partial charge in [-0.25, -0.2) is 8.42 Å². The van der Waals surface area contributed by atoms with Gasteiger partial charge in [0.2, 0.25) is 10.0 Å². The molecular formula is C15H20ClNO5S. The zero-order valence-electron chi connectivity index (χ0n) is 13.1. The number of halogens is 1. The van der Waals surface area contributed by atoms with Crippen LogP contribution < -0.4 is 0 Å². The summed E-state index contributed by atoms with van der Waals surface area (Å²) in [7, 11) is -3.80. The number of hydrogen-bond donors (Lipinski definition) is 1. The molecule has 0 aliphatic rings. The van der Waals surface area contributed by atoms with Crippen LogP contribution in [0.15, 0.2) is 23.1 Å². The Hall–Kier alpha value is -1.44. The highest BCUT2D eigenvalue weighted by Crippen LogP contribution is 2.26. The molecule has 0 aromatic heterocycles. The Balaban J connectivity index is 3.19. The van der Waals surface area contributed by atoms with Crippen molar-refractivity contribution in [3.8, 4) is 0 Å². The van der Waals surface area contributed by atoms with E-state index in [1.807, 2.05) is 6.92 Å². The van der Waals surface area contributed by atoms with Crippen LogP contribution in [0.5, 0.6) is 0 Å². The van der Waals surface area contributed by atoms with Gasteiger partial charge in [0.05, 0.1) is 11.4 Å². The molecule has 0 bridgehead atoms. The molecule has 0 unspecified atom stereocenters. The number of nitrogens with zero attached hydrogens (tertiary/aromatic N) is 1. The minimum Gasteiger partial charge on any atom is -0.481 e. The van der Waals surface area contributed by atoms with Crippen LogP contribution in [-0.4, -0.2) is 42.7 Å². The van der Waals surface area contributed by atoms with E-state index < -0.39 is 21.8 Å². The van der Waals surface area contributed by atoms with Crippen LogP contribution in [0.25, 0.3) is 0 Å². The van der Waals surface area contributed by atoms with Crippen LogP contribution in [0.4, 0.5) is 0 Å². The molecule has 128 valence electrons. The highest BCUT2D eigenvalue weighted by Gasteiger charge is 2.26. The summed E-state index contributed by atoms with van der Waals surface area (Å²) in [6.07, 6.45) is 0.158. The summed E-state index contributed by atoms with van der Waals surface area (Å²) in [5.41, 5.74) is 0.141. The zero-order chi connectivity index (χ0) is 17.6. The van der Waals surface area contributed by atoms with Crippen LogP contribution in [0.2, 0.25) is 5.02 Å². The molecule has 23 heavy (non-hydrogen) atoms. The third-order valence-electron chi connectivity index (χ3n) is 3.26. The van der Waals surface area contributed by atoms with Crippen molar-refractivity contribution in [1.82, 2.24) is 4.31 Å². The van der Waals surface area contributed by atoms with Crippen LogP contribution in [-0.2, 0) is 14.8 Å². The van der Waals surface area contributed by atoms with Gasteiger partial charge in [-0.1, -0.05) is 25.4 Å². The number of Topliss-reactive ketones (excluding diaryl/α,β-unsaturated/α-hetero) is 1. The zero-order valence-corrected chi connectivity index (χ0v) is 14.7. The second kappa shape index (κ2) is 8.42. The lowest BCUT2D eigenvalue weighted by Gasteiger charge is -2.20. The number of hydrogen-bond acceptors (Lipinski definition) is 4. The number of ketones is 1. The van der Waals surface area contributed by atoms with E-state index in [2.05, 4.69) is 0 Å². The van der Waals surface area contributed by atoms with Gasteiger partial charge in [-0.15, -0.1) is 0 Å². The first kappa shape index (κ1) is 19.6. The van der Waals surface area contributed by atoms with Crippen molar-refractivity contribution in [3.05, 3.63) is 28.8 Å². The number of benzene rings is 1. The van der Waals surface area contributed by atoms with E-state index in [-0.39, 0.29) is 28.3 Å². The molecule has 0 aliphatic carbocycles. The molecule has 0 atom stereocenters. The van der Waals surface area contributed by atoms with Crippen LogP contribution in [0.1, 0.15) is 43.5 Å². The molecule has 6 nitrogen and oxygen atoms in total. The summed E-state index contributed by atoms with van der Waals surface area (Å²) in [6, 6.07) is 3.98. The Labute approximate surface area is 141 Å². The number of rotatable bonds is 9. The molecule has 0 radical (unpaired) electrons. The first-order valence-electron chi connectivity index (χ1n) is 7.28. The Morgan fingerprint density at radius 3 is 2.39 bits per heavy atom. The first-order valence-corrected chi connectivity index (χ1v) is 9.10. The third-order valence-corrected chi connectivity index (χ3v) is 5.72. The Morgan fingerprint density at radius 1 is 1.22 bits per heavy atom. The van der Waals surface area contributed by atoms with E-state index in [4.69, 9.17) is 16.7 Å². The van der Waals surface area contributed by atoms with Crippen LogP contribution in [0, 0.1) is 0 Å². The van der Waals surface area contributed by atoms with Gasteiger partial charge in [0.1, 0.15) is 4.90 Å². The maximum Gasteiger partial charge on any atom is 0.303 e. The summed E-state index contributed by atoms with van der Waals surface area (Å²) >= 11 is 6.00. The van der Waals surface area contributed by atoms with Crippen LogP contribution in [0.3, 0.4) is 0 Å². The van der Waals surface area contributed by atoms with Gasteiger partial charge in [-0.2, -0.15) is 4.31 Å². The Bertz CT molecular complexity index is 687. The number of aliphatic carboxylic acids is 1. The van der Waals surface area contributed by atoms with E-state index in [1.165, 1.54) is 22.5 Å². The molecule has 1 N–H and O–H groups in total. The molecule has 1 aromatic rings. The third kappa shape index (κ3) is 5.02. The molecular weight excluding hydrogens is 342 g/mol. The normalized spacial score (nSPS) is 11.7. The van der Waals surface area contributed by atoms with Crippen LogP contribution >= 0.6 is 11.6 Å². The van der Waals surface area contributed by atoms with Crippen molar-refractivity contribution in [2.24, 2.45) is 0 Å². The average Bonchev–Trinajstić information content (AvgIpc) is 2.50. The second-order valence-corrected chi connectivity index (χ2v) is 7.27. The summed E-state index contributed by atoms with van der Waals surface area (Å²) in [6.45, 7) is 4.24. The summed E-state index contributed by atoms with van der Waals surface area (Å²) in [5.74, 6) is -1.51. The molecule has 0 aliphatic heterocycles. The van der Waals surface area contributed by atoms with Crippen molar-refractivity contribution in [1.29, 1.82) is 0 Å². The van der Waals surface area contributed by atoms with Gasteiger partial charge < -0.3 is 5.11 Å². The van der Waals surface area contributed by atoms with Gasteiger partial charge in [0, 0.05) is 25.1 Å². The molecule has 1 rings (SSSR count). The average molecular weight is 362 g/mol. The predicted molar refractivity (Wildman–Crippen MR) is 87.4 cm³/mol. The molecule has 0 spiro atoms. The molecule has 0 amide bonds. The molecule has 1 aromatic carbocycles. The smallest absolute Gasteiger partial charge is 0.303 e. The van der Waals surface area contributed by atoms with Gasteiger partial charge in [0.15, 0.2) is 5.78 Å². The van der Waals surface area contributed by atoms with Crippen molar-refractivity contribution < 1.29 is 23.1 Å². The number of sulfonamides is 1. The lowest BCUT2D eigenvalue weighted by molar-refractivity contribution is -0.136. The standard InChI is InChI=1S/C15H20ClNO5S/c1-3-9-17(4-2)23(21,22)14-10-11(5-6-12(14)16)13(18)7-8-15(19)20/h5-6,10H,3-4,7-9H2,1-2H3,(H,19,20). The first-order chi connectivity index (χ1) is 10.7. The SMILES string of the molecule is CCCN(CC)S(=O)(=O)c1cc(C(=O)CCC(=O)O)ccc1Cl.